The van der Waals surface area contributed by atoms with Crippen LogP contribution in [0.3, 0.4) is 0 Å². The van der Waals surface area contributed by atoms with E-state index in [0.717, 1.165) is 4.47 Å². The summed E-state index contributed by atoms with van der Waals surface area (Å²) in [6.45, 7) is 0. The summed E-state index contributed by atoms with van der Waals surface area (Å²) >= 11 is 3.29. The Morgan fingerprint density at radius 1 is 1.04 bits per heavy atom. The molecule has 2 aromatic carbocycles. The number of rotatable bonds is 4. The SMILES string of the molecule is [NH-]c1c(CC(=O)O)cccc1C(=O)c1ccc(Br)cc1.[NH2-].[NH2-].[Pt]. The monoisotopic (exact) mass is 559 g/mol. The molecule has 6 nitrogen and oxygen atoms in total. The van der Waals surface area contributed by atoms with Gasteiger partial charge in [0.15, 0.2) is 5.78 Å². The summed E-state index contributed by atoms with van der Waals surface area (Å²) in [5.74, 6) is -1.30. The van der Waals surface area contributed by atoms with E-state index in [1.807, 2.05) is 0 Å². The number of carbonyl (C=O) groups excluding carboxylic acids is 1. The molecule has 0 heterocycles. The van der Waals surface area contributed by atoms with Gasteiger partial charge in [-0.15, -0.1) is 5.69 Å². The summed E-state index contributed by atoms with van der Waals surface area (Å²) in [6, 6.07) is 11.5. The number of nitrogens with one attached hydrogen (secondary N) is 1. The molecule has 0 fully saturated rings. The molecular formula is C15H15BrN3O3Pt-3. The van der Waals surface area contributed by atoms with E-state index in [1.165, 1.54) is 6.07 Å². The maximum absolute atomic E-state index is 12.3. The third-order valence-corrected chi connectivity index (χ3v) is 3.37. The Morgan fingerprint density at radius 3 is 2.13 bits per heavy atom. The van der Waals surface area contributed by atoms with Gasteiger partial charge in [0, 0.05) is 36.7 Å². The molecule has 0 aliphatic heterocycles. The fourth-order valence-corrected chi connectivity index (χ4v) is 2.12. The molecule has 0 aliphatic carbocycles. The Labute approximate surface area is 157 Å². The number of carboxylic acid groups (broad SMARTS) is 1. The second-order valence-electron chi connectivity index (χ2n) is 4.25. The average Bonchev–Trinajstić information content (AvgIpc) is 2.41. The maximum atomic E-state index is 12.3. The Bertz CT molecular complexity index is 678. The van der Waals surface area contributed by atoms with E-state index in [1.54, 1.807) is 36.4 Å². The van der Waals surface area contributed by atoms with E-state index in [0.29, 0.717) is 11.1 Å². The molecule has 2 rings (SSSR count). The van der Waals surface area contributed by atoms with E-state index >= 15 is 0 Å². The number of halogens is 1. The van der Waals surface area contributed by atoms with Crippen LogP contribution in [0.15, 0.2) is 46.9 Å². The van der Waals surface area contributed by atoms with E-state index in [-0.39, 0.29) is 56.8 Å². The van der Waals surface area contributed by atoms with Crippen molar-refractivity contribution in [1.29, 1.82) is 0 Å². The minimum atomic E-state index is -1.02. The van der Waals surface area contributed by atoms with Crippen molar-refractivity contribution >= 4 is 33.4 Å². The number of aliphatic carboxylic acids is 1. The molecule has 6 N–H and O–H groups in total. The van der Waals surface area contributed by atoms with Crippen LogP contribution in [0.1, 0.15) is 21.5 Å². The Hall–Kier alpha value is -1.53. The van der Waals surface area contributed by atoms with Crippen molar-refractivity contribution in [1.82, 2.24) is 0 Å². The zero-order chi connectivity index (χ0) is 14.7. The van der Waals surface area contributed by atoms with E-state index in [4.69, 9.17) is 10.8 Å². The van der Waals surface area contributed by atoms with Gasteiger partial charge >= 0.3 is 5.97 Å². The van der Waals surface area contributed by atoms with Crippen molar-refractivity contribution in [2.45, 2.75) is 6.42 Å². The number of carbonyl (C=O) groups is 2. The van der Waals surface area contributed by atoms with Crippen molar-refractivity contribution in [3.8, 4) is 0 Å². The Balaban J connectivity index is 0. The molecule has 0 radical (unpaired) electrons. The predicted octanol–water partition coefficient (Wildman–Crippen LogP) is 5.42. The van der Waals surface area contributed by atoms with Gasteiger partial charge in [0.25, 0.3) is 0 Å². The first-order valence-electron chi connectivity index (χ1n) is 5.84. The van der Waals surface area contributed by atoms with Crippen LogP contribution in [-0.2, 0) is 32.3 Å². The third-order valence-electron chi connectivity index (χ3n) is 2.84. The van der Waals surface area contributed by atoms with Crippen molar-refractivity contribution in [3.05, 3.63) is 81.7 Å². The Kier molecular flexibility index (Phi) is 10.6. The molecular weight excluding hydrogens is 545 g/mol. The van der Waals surface area contributed by atoms with E-state index in [9.17, 15) is 9.59 Å². The number of hydrogen-bond donors (Lipinski definition) is 1. The quantitative estimate of drug-likeness (QED) is 0.498. The second-order valence-corrected chi connectivity index (χ2v) is 5.16. The first-order valence-corrected chi connectivity index (χ1v) is 6.64. The standard InChI is InChI=1S/C15H12BrNO3.2H2N.Pt/c16-11-6-4-9(5-7-11)15(20)12-3-1-2-10(14(12)17)8-13(18)19;;;/h1-7H,8H2,(H3,17,18,19,20);2*1H2;/q;2*-1;/p-1. The molecule has 8 heteroatoms. The van der Waals surface area contributed by atoms with Gasteiger partial charge in [-0.3, -0.25) is 9.59 Å². The van der Waals surface area contributed by atoms with Gasteiger partial charge in [0.05, 0.1) is 6.42 Å². The molecule has 2 aromatic rings. The summed E-state index contributed by atoms with van der Waals surface area (Å²) in [5.41, 5.74) is 8.96. The van der Waals surface area contributed by atoms with Gasteiger partial charge in [-0.1, -0.05) is 39.7 Å². The topological polar surface area (TPSA) is 145 Å². The summed E-state index contributed by atoms with van der Waals surface area (Å²) in [7, 11) is 0. The molecule has 0 spiro atoms. The molecule has 0 atom stereocenters. The van der Waals surface area contributed by atoms with Crippen LogP contribution in [-0.4, -0.2) is 16.9 Å². The molecule has 0 bridgehead atoms. The number of ketones is 1. The summed E-state index contributed by atoms with van der Waals surface area (Å²) in [5, 5.41) is 8.79. The van der Waals surface area contributed by atoms with Crippen LogP contribution in [0.5, 0.6) is 0 Å². The molecule has 0 aliphatic rings. The average molecular weight is 560 g/mol. The smallest absolute Gasteiger partial charge is 0.307 e. The summed E-state index contributed by atoms with van der Waals surface area (Å²) < 4.78 is 0.861. The predicted molar refractivity (Wildman–Crippen MR) is 89.9 cm³/mol. The second kappa shape index (κ2) is 10.3. The van der Waals surface area contributed by atoms with Crippen molar-refractivity contribution in [2.24, 2.45) is 0 Å². The van der Waals surface area contributed by atoms with Crippen LogP contribution in [0.2, 0.25) is 0 Å². The Morgan fingerprint density at radius 2 is 1.61 bits per heavy atom. The zero-order valence-electron chi connectivity index (χ0n) is 11.9. The fraction of sp³-hybridized carbons (Fsp3) is 0.0667. The van der Waals surface area contributed by atoms with Gasteiger partial charge in [-0.25, -0.2) is 0 Å². The minimum absolute atomic E-state index is 0. The van der Waals surface area contributed by atoms with Crippen molar-refractivity contribution in [2.75, 3.05) is 0 Å². The minimum Gasteiger partial charge on any atom is -0.698 e. The van der Waals surface area contributed by atoms with Crippen LogP contribution in [0, 0.1) is 0 Å². The van der Waals surface area contributed by atoms with E-state index in [2.05, 4.69) is 15.9 Å². The molecule has 0 amide bonds. The first-order chi connectivity index (χ1) is 9.49. The third kappa shape index (κ3) is 5.88. The number of benzene rings is 2. The van der Waals surface area contributed by atoms with Crippen LogP contribution in [0.4, 0.5) is 5.69 Å². The molecule has 0 saturated carbocycles. The maximum Gasteiger partial charge on any atom is 0.307 e. The zero-order valence-corrected chi connectivity index (χ0v) is 15.7. The van der Waals surface area contributed by atoms with Crippen LogP contribution < -0.4 is 0 Å². The van der Waals surface area contributed by atoms with Crippen molar-refractivity contribution in [3.63, 3.8) is 0 Å². The fourth-order valence-electron chi connectivity index (χ4n) is 1.86. The largest absolute Gasteiger partial charge is 0.698 e. The van der Waals surface area contributed by atoms with Gasteiger partial charge in [0.2, 0.25) is 0 Å². The van der Waals surface area contributed by atoms with Crippen LogP contribution >= 0.6 is 15.9 Å². The summed E-state index contributed by atoms with van der Waals surface area (Å²) in [6.07, 6.45) is -0.264. The molecule has 0 saturated heterocycles. The van der Waals surface area contributed by atoms with Crippen molar-refractivity contribution < 1.29 is 35.8 Å². The van der Waals surface area contributed by atoms with Gasteiger partial charge in [0.1, 0.15) is 0 Å². The first kappa shape index (κ1) is 23.7. The molecule has 23 heavy (non-hydrogen) atoms. The van der Waals surface area contributed by atoms with Gasteiger partial charge in [-0.2, -0.15) is 0 Å². The number of nitrogens with two attached hydrogens (primary N) is 2. The molecule has 0 unspecified atom stereocenters. The van der Waals surface area contributed by atoms with Crippen LogP contribution in [0.25, 0.3) is 18.0 Å². The van der Waals surface area contributed by atoms with Gasteiger partial charge < -0.3 is 23.1 Å². The van der Waals surface area contributed by atoms with E-state index < -0.39 is 5.97 Å². The normalized spacial score (nSPS) is 8.91. The number of hydrogen-bond acceptors (Lipinski definition) is 2. The molecule has 128 valence electrons. The molecule has 0 aromatic heterocycles. The summed E-state index contributed by atoms with van der Waals surface area (Å²) in [4.78, 5) is 23.1. The van der Waals surface area contributed by atoms with Gasteiger partial charge in [-0.05, 0) is 24.3 Å². The number of carboxylic acids is 1.